The van der Waals surface area contributed by atoms with E-state index in [9.17, 15) is 27.9 Å². The molecule has 5 rings (SSSR count). The highest BCUT2D eigenvalue weighted by Gasteiger charge is 2.36. The zero-order valence-corrected chi connectivity index (χ0v) is 23.8. The third-order valence-corrected chi connectivity index (χ3v) is 7.55. The smallest absolute Gasteiger partial charge is 0.271 e. The lowest BCUT2D eigenvalue weighted by molar-refractivity contribution is 0.0783. The van der Waals surface area contributed by atoms with Gasteiger partial charge in [0.1, 0.15) is 23.1 Å². The Kier molecular flexibility index (Phi) is 8.09. The van der Waals surface area contributed by atoms with Crippen molar-refractivity contribution in [1.29, 1.82) is 0 Å². The number of carbonyl (C=O) groups excluding carboxylic acids is 1. The van der Waals surface area contributed by atoms with Gasteiger partial charge in [-0.05, 0) is 49.1 Å². The number of benzene rings is 1. The Morgan fingerprint density at radius 3 is 2.50 bits per heavy atom. The van der Waals surface area contributed by atoms with Gasteiger partial charge < -0.3 is 10.0 Å². The van der Waals surface area contributed by atoms with Gasteiger partial charge in [0.15, 0.2) is 11.4 Å². The van der Waals surface area contributed by atoms with Crippen LogP contribution in [0.15, 0.2) is 47.5 Å². The summed E-state index contributed by atoms with van der Waals surface area (Å²) in [5, 5.41) is 15.5. The zero-order valence-electron chi connectivity index (χ0n) is 23.1. The minimum Gasteiger partial charge on any atom is -0.493 e. The number of amides is 1. The summed E-state index contributed by atoms with van der Waals surface area (Å²) in [5.74, 6) is -4.85. The number of nitrogens with zero attached hydrogens (tertiary/aromatic N) is 6. The fraction of sp³-hybridized carbons (Fsp3) is 0.345. The molecular weight excluding hydrogens is 573 g/mol. The highest BCUT2D eigenvalue weighted by Crippen LogP contribution is 2.33. The monoisotopic (exact) mass is 600 g/mol. The summed E-state index contributed by atoms with van der Waals surface area (Å²) in [6.07, 6.45) is 3.34. The lowest BCUT2D eigenvalue weighted by atomic mass is 9.94. The molecule has 4 heterocycles. The van der Waals surface area contributed by atoms with Crippen LogP contribution < -0.4 is 5.56 Å². The van der Waals surface area contributed by atoms with Crippen molar-refractivity contribution in [2.45, 2.75) is 45.7 Å². The minimum absolute atomic E-state index is 0.0363. The molecule has 13 heteroatoms. The Bertz CT molecular complexity index is 1700. The zero-order chi connectivity index (χ0) is 30.3. The summed E-state index contributed by atoms with van der Waals surface area (Å²) >= 11 is 5.82. The summed E-state index contributed by atoms with van der Waals surface area (Å²) in [6, 6.07) is 4.69. The Morgan fingerprint density at radius 1 is 1.17 bits per heavy atom. The molecule has 2 atom stereocenters. The van der Waals surface area contributed by atoms with Gasteiger partial charge in [-0.3, -0.25) is 23.8 Å². The molecule has 1 N–H and O–H groups in total. The molecule has 1 amide bonds. The summed E-state index contributed by atoms with van der Waals surface area (Å²) in [5.41, 5.74) is -1.02. The Balaban J connectivity index is 1.63. The lowest BCUT2D eigenvalue weighted by Gasteiger charge is -2.27. The average molecular weight is 601 g/mol. The summed E-state index contributed by atoms with van der Waals surface area (Å²) in [7, 11) is 0. The molecule has 42 heavy (non-hydrogen) atoms. The molecular formula is C29H28ClF3N6O3. The van der Waals surface area contributed by atoms with E-state index in [1.807, 2.05) is 6.92 Å². The van der Waals surface area contributed by atoms with E-state index in [0.717, 1.165) is 28.8 Å². The van der Waals surface area contributed by atoms with E-state index in [0.29, 0.717) is 13.0 Å². The average Bonchev–Trinajstić information content (AvgIpc) is 3.59. The second-order valence-electron chi connectivity index (χ2n) is 10.5. The molecule has 0 aliphatic carbocycles. The molecule has 9 nitrogen and oxygen atoms in total. The second-order valence-corrected chi connectivity index (χ2v) is 11.0. The van der Waals surface area contributed by atoms with E-state index in [4.69, 9.17) is 11.6 Å². The molecule has 1 aromatic carbocycles. The van der Waals surface area contributed by atoms with Crippen LogP contribution in [0.4, 0.5) is 13.2 Å². The van der Waals surface area contributed by atoms with Crippen LogP contribution >= 0.6 is 11.6 Å². The molecule has 1 aliphatic rings. The topological polar surface area (TPSA) is 106 Å². The predicted molar refractivity (Wildman–Crippen MR) is 149 cm³/mol. The van der Waals surface area contributed by atoms with E-state index in [-0.39, 0.29) is 40.9 Å². The molecule has 3 aromatic heterocycles. The first kappa shape index (κ1) is 29.3. The van der Waals surface area contributed by atoms with Gasteiger partial charge in [-0.25, -0.2) is 13.2 Å². The first-order valence-corrected chi connectivity index (χ1v) is 13.8. The fourth-order valence-corrected chi connectivity index (χ4v) is 5.58. The van der Waals surface area contributed by atoms with Crippen LogP contribution in [0.1, 0.15) is 60.8 Å². The van der Waals surface area contributed by atoms with Gasteiger partial charge in [0.2, 0.25) is 5.88 Å². The number of carbonyl (C=O) groups is 1. The van der Waals surface area contributed by atoms with Crippen LogP contribution in [0.5, 0.6) is 5.88 Å². The molecule has 220 valence electrons. The van der Waals surface area contributed by atoms with Crippen molar-refractivity contribution in [2.75, 3.05) is 13.1 Å². The first-order valence-electron chi connectivity index (χ1n) is 13.4. The Morgan fingerprint density at radius 2 is 1.88 bits per heavy atom. The van der Waals surface area contributed by atoms with Crippen LogP contribution in [-0.2, 0) is 6.54 Å². The van der Waals surface area contributed by atoms with Crippen molar-refractivity contribution in [2.24, 2.45) is 5.92 Å². The highest BCUT2D eigenvalue weighted by molar-refractivity contribution is 6.30. The molecule has 0 radical (unpaired) electrons. The van der Waals surface area contributed by atoms with Gasteiger partial charge in [-0.1, -0.05) is 25.4 Å². The number of hydrogen-bond donors (Lipinski definition) is 1. The molecule has 4 aromatic rings. The number of rotatable bonds is 7. The molecule has 0 saturated carbocycles. The van der Waals surface area contributed by atoms with Gasteiger partial charge in [0.05, 0.1) is 16.8 Å². The maximum Gasteiger partial charge on any atom is 0.271 e. The Hall–Kier alpha value is -4.19. The van der Waals surface area contributed by atoms with E-state index < -0.39 is 58.2 Å². The molecule has 0 spiro atoms. The minimum atomic E-state index is -0.984. The standard InChI is InChI=1S/C29H28ClF3N6O3/c1-4-38-8-6-22(36-38)26-35-27(40)23(28(41)37-7-5-16(14-37)24-21(33)11-18(30)13-34-24)29(42)39(26)25(15(2)3)17-9-19(31)12-20(32)10-17/h6,8-13,15-16,25,40H,4-5,7,14H2,1-3H3/t16?,25-/m0/s1. The van der Waals surface area contributed by atoms with Crippen molar-refractivity contribution in [1.82, 2.24) is 29.2 Å². The number of likely N-dealkylation sites (tertiary alicyclic amines) is 1. The largest absolute Gasteiger partial charge is 0.493 e. The van der Waals surface area contributed by atoms with Gasteiger partial charge in [0.25, 0.3) is 11.5 Å². The number of aromatic nitrogens is 5. The van der Waals surface area contributed by atoms with E-state index in [2.05, 4.69) is 15.1 Å². The van der Waals surface area contributed by atoms with Crippen LogP contribution in [0.25, 0.3) is 11.5 Å². The summed E-state index contributed by atoms with van der Waals surface area (Å²) in [4.78, 5) is 37.6. The van der Waals surface area contributed by atoms with Crippen molar-refractivity contribution in [3.63, 3.8) is 0 Å². The van der Waals surface area contributed by atoms with Crippen molar-refractivity contribution in [3.8, 4) is 17.4 Å². The van der Waals surface area contributed by atoms with Crippen LogP contribution in [-0.4, -0.2) is 53.3 Å². The predicted octanol–water partition coefficient (Wildman–Crippen LogP) is 5.17. The fourth-order valence-electron chi connectivity index (χ4n) is 5.43. The van der Waals surface area contributed by atoms with Crippen molar-refractivity contribution < 1.29 is 23.1 Å². The van der Waals surface area contributed by atoms with E-state index in [1.54, 1.807) is 30.8 Å². The van der Waals surface area contributed by atoms with Crippen LogP contribution in [0.2, 0.25) is 5.02 Å². The highest BCUT2D eigenvalue weighted by atomic mass is 35.5. The van der Waals surface area contributed by atoms with E-state index >= 15 is 0 Å². The number of hydrogen-bond acceptors (Lipinski definition) is 6. The normalized spacial score (nSPS) is 15.9. The van der Waals surface area contributed by atoms with Gasteiger partial charge >= 0.3 is 0 Å². The maximum atomic E-state index is 14.5. The summed E-state index contributed by atoms with van der Waals surface area (Å²) < 4.78 is 46.0. The maximum absolute atomic E-state index is 14.5. The molecule has 1 fully saturated rings. The number of aromatic hydroxyl groups is 1. The van der Waals surface area contributed by atoms with Crippen molar-refractivity contribution in [3.05, 3.63) is 92.4 Å². The molecule has 1 saturated heterocycles. The Labute approximate surface area is 244 Å². The van der Waals surface area contributed by atoms with Crippen molar-refractivity contribution >= 4 is 17.5 Å². The van der Waals surface area contributed by atoms with Crippen LogP contribution in [0.3, 0.4) is 0 Å². The molecule has 1 aliphatic heterocycles. The molecule has 1 unspecified atom stereocenters. The molecule has 0 bridgehead atoms. The van der Waals surface area contributed by atoms with Gasteiger partial charge in [-0.15, -0.1) is 0 Å². The summed E-state index contributed by atoms with van der Waals surface area (Å²) in [6.45, 7) is 6.07. The number of aryl methyl sites for hydroxylation is 1. The number of pyridine rings is 1. The van der Waals surface area contributed by atoms with Crippen LogP contribution in [0, 0.1) is 23.4 Å². The quantitative estimate of drug-likeness (QED) is 0.314. The van der Waals surface area contributed by atoms with Gasteiger partial charge in [-0.2, -0.15) is 10.1 Å². The van der Waals surface area contributed by atoms with E-state index in [1.165, 1.54) is 11.1 Å². The number of halogens is 4. The first-order chi connectivity index (χ1) is 20.0. The van der Waals surface area contributed by atoms with Gasteiger partial charge in [0, 0.05) is 44.0 Å². The third kappa shape index (κ3) is 5.50. The SMILES string of the molecule is CCn1ccc(-c2nc(O)c(C(=O)N3CCC(c4ncc(Cl)cc4F)C3)c(=O)n2[C@H](c2cc(F)cc(F)c2)C(C)C)n1. The second kappa shape index (κ2) is 11.6. The third-order valence-electron chi connectivity index (χ3n) is 7.34. The lowest BCUT2D eigenvalue weighted by Crippen LogP contribution is -2.39.